The molecule has 2 atom stereocenters. The number of aryl methyl sites for hydroxylation is 2. The zero-order valence-electron chi connectivity index (χ0n) is 24.4. The van der Waals surface area contributed by atoms with E-state index < -0.39 is 46.3 Å². The van der Waals surface area contributed by atoms with E-state index in [1.165, 1.54) is 30.5 Å². The molecular weight excluding hydrogens is 616 g/mol. The predicted molar refractivity (Wildman–Crippen MR) is 155 cm³/mol. The molecule has 0 bridgehead atoms. The molecule has 0 saturated carbocycles. The summed E-state index contributed by atoms with van der Waals surface area (Å²) in [6.45, 7) is 4.86. The Morgan fingerprint density at radius 3 is 2.58 bits per heavy atom. The highest BCUT2D eigenvalue weighted by Crippen LogP contribution is 2.39. The molecule has 45 heavy (non-hydrogen) atoms. The number of aliphatic carboxylic acids is 1. The number of halogens is 4. The fourth-order valence-electron chi connectivity index (χ4n) is 6.12. The minimum Gasteiger partial charge on any atom is -0.484 e. The Hall–Kier alpha value is -3.88. The van der Waals surface area contributed by atoms with Crippen LogP contribution < -0.4 is 4.74 Å². The molecule has 1 fully saturated rings. The molecule has 6 rings (SSSR count). The lowest BCUT2D eigenvalue weighted by atomic mass is 9.85. The van der Waals surface area contributed by atoms with E-state index >= 15 is 0 Å². The van der Waals surface area contributed by atoms with E-state index in [-0.39, 0.29) is 30.1 Å². The topological polar surface area (TPSA) is 106 Å². The quantitative estimate of drug-likeness (QED) is 0.273. The summed E-state index contributed by atoms with van der Waals surface area (Å²) in [5, 5.41) is 16.9. The van der Waals surface area contributed by atoms with E-state index in [1.807, 2.05) is 19.1 Å². The standard InChI is InChI=1S/C31H30F4N4O5S/c1-18-3-4-20(24(15-27(40)41)23-7-10-39-28(19(23)2)36-37-29(39)31(33,34)35)13-21(18)16-38-17-30(8-11-43-12-9-30)44-25-6-5-22(32)14-26(25)45(38)42/h3-7,10,13-14,24H,8-9,11-12,15-17H2,1-2H3,(H,40,41). The number of rotatable bonds is 6. The molecule has 1 saturated heterocycles. The maximum Gasteiger partial charge on any atom is 0.452 e. The molecule has 14 heteroatoms. The minimum atomic E-state index is -4.71. The van der Waals surface area contributed by atoms with Crippen molar-refractivity contribution in [2.75, 3.05) is 19.8 Å². The average molecular weight is 647 g/mol. The Morgan fingerprint density at radius 1 is 1.11 bits per heavy atom. The zero-order valence-corrected chi connectivity index (χ0v) is 25.3. The molecule has 2 aliphatic rings. The molecule has 2 aromatic heterocycles. The third-order valence-corrected chi connectivity index (χ3v) is 9.94. The number of benzene rings is 2. The number of hydrogen-bond donors (Lipinski definition) is 1. The van der Waals surface area contributed by atoms with E-state index in [4.69, 9.17) is 9.47 Å². The fraction of sp³-hybridized carbons (Fsp3) is 0.387. The van der Waals surface area contributed by atoms with Crippen molar-refractivity contribution in [3.05, 3.63) is 88.1 Å². The van der Waals surface area contributed by atoms with Gasteiger partial charge in [-0.25, -0.2) is 12.9 Å². The summed E-state index contributed by atoms with van der Waals surface area (Å²) in [5.74, 6) is -3.17. The van der Waals surface area contributed by atoms with Gasteiger partial charge in [0.2, 0.25) is 5.82 Å². The molecule has 2 unspecified atom stereocenters. The number of fused-ring (bicyclic) bond motifs is 2. The molecule has 238 valence electrons. The molecule has 0 radical (unpaired) electrons. The number of pyridine rings is 1. The Labute approximate surface area is 258 Å². The van der Waals surface area contributed by atoms with Crippen LogP contribution in [0.2, 0.25) is 0 Å². The highest BCUT2D eigenvalue weighted by atomic mass is 32.2. The first kappa shape index (κ1) is 31.1. The highest BCUT2D eigenvalue weighted by molar-refractivity contribution is 7.82. The first-order chi connectivity index (χ1) is 21.3. The van der Waals surface area contributed by atoms with E-state index in [1.54, 1.807) is 17.3 Å². The number of carboxylic acid groups (broad SMARTS) is 1. The third kappa shape index (κ3) is 6.06. The van der Waals surface area contributed by atoms with Gasteiger partial charge in [-0.2, -0.15) is 13.2 Å². The van der Waals surface area contributed by atoms with Crippen LogP contribution in [0, 0.1) is 19.7 Å². The van der Waals surface area contributed by atoms with Crippen LogP contribution >= 0.6 is 0 Å². The normalized spacial score (nSPS) is 19.2. The lowest BCUT2D eigenvalue weighted by molar-refractivity contribution is -0.145. The van der Waals surface area contributed by atoms with Crippen LogP contribution in [0.1, 0.15) is 58.8 Å². The van der Waals surface area contributed by atoms with Gasteiger partial charge in [0, 0.05) is 31.5 Å². The molecule has 2 aromatic carbocycles. The summed E-state index contributed by atoms with van der Waals surface area (Å²) < 4.78 is 83.2. The van der Waals surface area contributed by atoms with Crippen LogP contribution in [-0.2, 0) is 33.2 Å². The van der Waals surface area contributed by atoms with E-state index in [9.17, 15) is 31.7 Å². The maximum atomic E-state index is 14.3. The number of nitrogens with zero attached hydrogens (tertiary/aromatic N) is 4. The molecule has 4 heterocycles. The van der Waals surface area contributed by atoms with Gasteiger partial charge >= 0.3 is 12.1 Å². The fourth-order valence-corrected chi connectivity index (χ4v) is 7.51. The Morgan fingerprint density at radius 2 is 1.87 bits per heavy atom. The van der Waals surface area contributed by atoms with Gasteiger partial charge in [0.05, 0.1) is 31.1 Å². The first-order valence-corrected chi connectivity index (χ1v) is 15.4. The van der Waals surface area contributed by atoms with Crippen molar-refractivity contribution in [1.29, 1.82) is 0 Å². The summed E-state index contributed by atoms with van der Waals surface area (Å²) in [6.07, 6.45) is -2.74. The summed E-state index contributed by atoms with van der Waals surface area (Å²) in [7, 11) is -1.78. The number of alkyl halides is 3. The highest BCUT2D eigenvalue weighted by Gasteiger charge is 2.42. The Balaban J connectivity index is 1.39. The first-order valence-electron chi connectivity index (χ1n) is 14.3. The SMILES string of the molecule is Cc1ccc(C(CC(=O)O)c2ccn3c(C(F)(F)F)nnc3c2C)cc1CN1CC2(CCOCC2)Oc2ccc(F)cc2S1=O. The van der Waals surface area contributed by atoms with Crippen LogP contribution in [0.3, 0.4) is 0 Å². The molecule has 1 spiro atoms. The van der Waals surface area contributed by atoms with Crippen molar-refractivity contribution < 1.29 is 41.1 Å². The van der Waals surface area contributed by atoms with Crippen molar-refractivity contribution in [3.63, 3.8) is 0 Å². The van der Waals surface area contributed by atoms with Gasteiger partial charge in [0.25, 0.3) is 0 Å². The minimum absolute atomic E-state index is 0.0184. The van der Waals surface area contributed by atoms with Gasteiger partial charge in [-0.1, -0.05) is 18.2 Å². The lowest BCUT2D eigenvalue weighted by Gasteiger charge is -2.38. The second kappa shape index (κ2) is 11.8. The van der Waals surface area contributed by atoms with Crippen LogP contribution in [-0.4, -0.2) is 59.5 Å². The number of carbonyl (C=O) groups is 1. The molecule has 1 N–H and O–H groups in total. The molecule has 9 nitrogen and oxygen atoms in total. The van der Waals surface area contributed by atoms with Crippen LogP contribution in [0.15, 0.2) is 53.6 Å². The van der Waals surface area contributed by atoms with Gasteiger partial charge in [-0.05, 0) is 65.9 Å². The van der Waals surface area contributed by atoms with Gasteiger partial charge in [0.15, 0.2) is 5.65 Å². The summed E-state index contributed by atoms with van der Waals surface area (Å²) in [5.41, 5.74) is 2.39. The number of carboxylic acids is 1. The van der Waals surface area contributed by atoms with Crippen molar-refractivity contribution >= 4 is 22.6 Å². The molecule has 4 aromatic rings. The van der Waals surface area contributed by atoms with Crippen molar-refractivity contribution in [2.45, 2.75) is 62.2 Å². The number of hydrogen-bond acceptors (Lipinski definition) is 6. The number of ether oxygens (including phenoxy) is 2. The predicted octanol–water partition coefficient (Wildman–Crippen LogP) is 5.58. The van der Waals surface area contributed by atoms with Crippen molar-refractivity contribution in [1.82, 2.24) is 18.9 Å². The van der Waals surface area contributed by atoms with Crippen molar-refractivity contribution in [3.8, 4) is 5.75 Å². The van der Waals surface area contributed by atoms with Crippen LogP contribution in [0.4, 0.5) is 17.6 Å². The van der Waals surface area contributed by atoms with Crippen LogP contribution in [0.25, 0.3) is 5.65 Å². The second-order valence-electron chi connectivity index (χ2n) is 11.5. The maximum absolute atomic E-state index is 14.3. The zero-order chi connectivity index (χ0) is 32.1. The second-order valence-corrected chi connectivity index (χ2v) is 12.9. The van der Waals surface area contributed by atoms with E-state index in [0.717, 1.165) is 15.5 Å². The van der Waals surface area contributed by atoms with Gasteiger partial charge in [-0.15, -0.1) is 10.2 Å². The molecule has 2 aliphatic heterocycles. The largest absolute Gasteiger partial charge is 0.484 e. The number of aromatic nitrogens is 3. The summed E-state index contributed by atoms with van der Waals surface area (Å²) in [4.78, 5) is 12.3. The van der Waals surface area contributed by atoms with Crippen LogP contribution in [0.5, 0.6) is 5.75 Å². The lowest BCUT2D eigenvalue weighted by Crippen LogP contribution is -2.49. The molecule has 0 aliphatic carbocycles. The summed E-state index contributed by atoms with van der Waals surface area (Å²) >= 11 is 0. The van der Waals surface area contributed by atoms with E-state index in [2.05, 4.69) is 10.2 Å². The van der Waals surface area contributed by atoms with Gasteiger partial charge in [-0.3, -0.25) is 9.20 Å². The summed E-state index contributed by atoms with van der Waals surface area (Å²) in [6, 6.07) is 10.9. The average Bonchev–Trinajstić information content (AvgIpc) is 3.40. The third-order valence-electron chi connectivity index (χ3n) is 8.52. The molecule has 0 amide bonds. The van der Waals surface area contributed by atoms with E-state index in [0.29, 0.717) is 48.5 Å². The van der Waals surface area contributed by atoms with Gasteiger partial charge < -0.3 is 14.6 Å². The smallest absolute Gasteiger partial charge is 0.452 e. The monoisotopic (exact) mass is 646 g/mol. The molecular formula is C31H30F4N4O5S. The Bertz CT molecular complexity index is 1800. The van der Waals surface area contributed by atoms with Gasteiger partial charge in [0.1, 0.15) is 28.2 Å². The Kier molecular flexibility index (Phi) is 8.16. The van der Waals surface area contributed by atoms with Crippen molar-refractivity contribution in [2.24, 2.45) is 0 Å².